The summed E-state index contributed by atoms with van der Waals surface area (Å²) in [6.07, 6.45) is 0. The first-order valence-corrected chi connectivity index (χ1v) is 9.79. The third kappa shape index (κ3) is 3.23. The molecule has 3 N–H and O–H groups in total. The molecule has 0 bridgehead atoms. The number of rotatable bonds is 5. The van der Waals surface area contributed by atoms with E-state index in [0.29, 0.717) is 22.7 Å². The van der Waals surface area contributed by atoms with Crippen LogP contribution in [0.4, 0.5) is 0 Å². The van der Waals surface area contributed by atoms with Gasteiger partial charge in [0.2, 0.25) is 15.8 Å². The zero-order valence-electron chi connectivity index (χ0n) is 15.2. The number of sulfonamides is 1. The Morgan fingerprint density at radius 1 is 1.04 bits per heavy atom. The molecule has 0 fully saturated rings. The lowest BCUT2D eigenvalue weighted by Gasteiger charge is -2.16. The largest absolute Gasteiger partial charge is 0.493 e. The van der Waals surface area contributed by atoms with E-state index in [1.807, 2.05) is 0 Å². The minimum absolute atomic E-state index is 0.0759. The third-order valence-electron chi connectivity index (χ3n) is 4.12. The molecule has 0 amide bonds. The van der Waals surface area contributed by atoms with Gasteiger partial charge in [0.05, 0.1) is 37.3 Å². The molecule has 0 saturated carbocycles. The quantitative estimate of drug-likeness (QED) is 0.599. The second-order valence-corrected chi connectivity index (χ2v) is 7.63. The first-order chi connectivity index (χ1) is 13.2. The molecule has 9 nitrogen and oxygen atoms in total. The van der Waals surface area contributed by atoms with E-state index < -0.39 is 15.6 Å². The fourth-order valence-corrected chi connectivity index (χ4v) is 3.65. The molecule has 148 valence electrons. The van der Waals surface area contributed by atoms with Crippen molar-refractivity contribution < 1.29 is 22.6 Å². The van der Waals surface area contributed by atoms with Crippen molar-refractivity contribution in [3.63, 3.8) is 0 Å². The fourth-order valence-electron chi connectivity index (χ4n) is 2.84. The zero-order chi connectivity index (χ0) is 20.6. The van der Waals surface area contributed by atoms with Crippen LogP contribution >= 0.6 is 12.2 Å². The van der Waals surface area contributed by atoms with Gasteiger partial charge in [-0.25, -0.2) is 13.6 Å². The van der Waals surface area contributed by atoms with Gasteiger partial charge in [-0.15, -0.1) is 0 Å². The number of primary sulfonamides is 1. The van der Waals surface area contributed by atoms with E-state index in [2.05, 4.69) is 4.98 Å². The Hall–Kier alpha value is -2.89. The summed E-state index contributed by atoms with van der Waals surface area (Å²) in [5, 5.41) is 5.36. The summed E-state index contributed by atoms with van der Waals surface area (Å²) >= 11 is 5.34. The topological polar surface area (TPSA) is 126 Å². The van der Waals surface area contributed by atoms with Crippen LogP contribution in [-0.4, -0.2) is 39.3 Å². The first kappa shape index (κ1) is 19.9. The zero-order valence-corrected chi connectivity index (χ0v) is 16.8. The SMILES string of the molecule is COc1cc2c(=O)n(-c3ccc(S(N)(=O)=O)cc3)c(=S)[nH]c2c(OC)c1OC. The number of nitrogens with one attached hydrogen (secondary N) is 1. The van der Waals surface area contributed by atoms with Crippen LogP contribution in [0, 0.1) is 4.77 Å². The summed E-state index contributed by atoms with van der Waals surface area (Å²) < 4.78 is 40.2. The molecular formula is C17H17N3O6S2. The normalized spacial score (nSPS) is 11.4. The van der Waals surface area contributed by atoms with Gasteiger partial charge in [0, 0.05) is 0 Å². The lowest BCUT2D eigenvalue weighted by molar-refractivity contribution is 0.326. The highest BCUT2D eigenvalue weighted by molar-refractivity contribution is 7.89. The van der Waals surface area contributed by atoms with E-state index in [4.69, 9.17) is 31.6 Å². The maximum absolute atomic E-state index is 13.1. The number of nitrogens with zero attached hydrogens (tertiary/aromatic N) is 1. The lowest BCUT2D eigenvalue weighted by atomic mass is 10.2. The maximum atomic E-state index is 13.1. The van der Waals surface area contributed by atoms with Gasteiger partial charge in [0.25, 0.3) is 5.56 Å². The van der Waals surface area contributed by atoms with Crippen LogP contribution in [0.25, 0.3) is 16.6 Å². The lowest BCUT2D eigenvalue weighted by Crippen LogP contribution is -2.21. The Morgan fingerprint density at radius 3 is 2.14 bits per heavy atom. The Balaban J connectivity index is 2.35. The predicted octanol–water partition coefficient (Wildman–Crippen LogP) is 1.72. The number of benzene rings is 2. The van der Waals surface area contributed by atoms with E-state index in [1.165, 1.54) is 56.2 Å². The van der Waals surface area contributed by atoms with Crippen molar-refractivity contribution in [1.29, 1.82) is 0 Å². The summed E-state index contributed by atoms with van der Waals surface area (Å²) in [5.74, 6) is 0.903. The van der Waals surface area contributed by atoms with Crippen LogP contribution in [0.2, 0.25) is 0 Å². The number of aromatic amines is 1. The molecule has 0 aliphatic rings. The molecule has 0 unspecified atom stereocenters. The van der Waals surface area contributed by atoms with Crippen LogP contribution < -0.4 is 24.9 Å². The number of hydrogen-bond donors (Lipinski definition) is 2. The van der Waals surface area contributed by atoms with Crippen LogP contribution in [0.1, 0.15) is 0 Å². The van der Waals surface area contributed by atoms with Crippen molar-refractivity contribution in [2.24, 2.45) is 5.14 Å². The number of hydrogen-bond acceptors (Lipinski definition) is 7. The average molecular weight is 423 g/mol. The van der Waals surface area contributed by atoms with Gasteiger partial charge >= 0.3 is 0 Å². The number of ether oxygens (including phenoxy) is 3. The molecule has 0 aliphatic carbocycles. The van der Waals surface area contributed by atoms with Gasteiger partial charge < -0.3 is 19.2 Å². The van der Waals surface area contributed by atoms with Crippen molar-refractivity contribution in [1.82, 2.24) is 9.55 Å². The Morgan fingerprint density at radius 2 is 1.64 bits per heavy atom. The number of fused-ring (bicyclic) bond motifs is 1. The maximum Gasteiger partial charge on any atom is 0.267 e. The van der Waals surface area contributed by atoms with Crippen molar-refractivity contribution in [2.75, 3.05) is 21.3 Å². The summed E-state index contributed by atoms with van der Waals surface area (Å²) in [6, 6.07) is 6.99. The average Bonchev–Trinajstić information content (AvgIpc) is 2.66. The number of aromatic nitrogens is 2. The molecule has 1 heterocycles. The molecular weight excluding hydrogens is 406 g/mol. The van der Waals surface area contributed by atoms with Crippen molar-refractivity contribution in [3.8, 4) is 22.9 Å². The highest BCUT2D eigenvalue weighted by Gasteiger charge is 2.20. The molecule has 1 aromatic heterocycles. The van der Waals surface area contributed by atoms with E-state index in [9.17, 15) is 13.2 Å². The number of nitrogens with two attached hydrogens (primary N) is 1. The Labute approximate surface area is 165 Å². The van der Waals surface area contributed by atoms with Crippen molar-refractivity contribution >= 4 is 33.1 Å². The van der Waals surface area contributed by atoms with E-state index in [0.717, 1.165) is 0 Å². The Bertz CT molecular complexity index is 1280. The number of H-pyrrole nitrogens is 1. The molecule has 0 saturated heterocycles. The van der Waals surface area contributed by atoms with E-state index in [-0.39, 0.29) is 20.8 Å². The van der Waals surface area contributed by atoms with Gasteiger partial charge in [0.1, 0.15) is 5.52 Å². The van der Waals surface area contributed by atoms with Crippen LogP contribution in [-0.2, 0) is 10.0 Å². The highest BCUT2D eigenvalue weighted by atomic mass is 32.2. The minimum atomic E-state index is -3.85. The van der Waals surface area contributed by atoms with Gasteiger partial charge in [-0.1, -0.05) is 0 Å². The summed E-state index contributed by atoms with van der Waals surface area (Å²) in [4.78, 5) is 16.0. The molecule has 0 spiro atoms. The second-order valence-electron chi connectivity index (χ2n) is 5.68. The molecule has 3 aromatic rings. The fraction of sp³-hybridized carbons (Fsp3) is 0.176. The highest BCUT2D eigenvalue weighted by Crippen LogP contribution is 2.41. The summed E-state index contributed by atoms with van der Waals surface area (Å²) in [7, 11) is 0.482. The van der Waals surface area contributed by atoms with E-state index in [1.54, 1.807) is 0 Å². The van der Waals surface area contributed by atoms with Gasteiger partial charge in [-0.05, 0) is 42.5 Å². The summed E-state index contributed by atoms with van der Waals surface area (Å²) in [5.41, 5.74) is 0.281. The van der Waals surface area contributed by atoms with E-state index >= 15 is 0 Å². The van der Waals surface area contributed by atoms with Crippen LogP contribution in [0.15, 0.2) is 40.0 Å². The number of methoxy groups -OCH3 is 3. The van der Waals surface area contributed by atoms with Gasteiger partial charge in [-0.2, -0.15) is 0 Å². The molecule has 3 rings (SSSR count). The minimum Gasteiger partial charge on any atom is -0.493 e. The Kier molecular flexibility index (Phi) is 5.15. The van der Waals surface area contributed by atoms with Crippen LogP contribution in [0.3, 0.4) is 0 Å². The second kappa shape index (κ2) is 7.26. The molecule has 11 heteroatoms. The van der Waals surface area contributed by atoms with Crippen molar-refractivity contribution in [2.45, 2.75) is 4.90 Å². The molecule has 2 aromatic carbocycles. The standard InChI is InChI=1S/C17H17N3O6S2/c1-24-12-8-11-13(15(26-3)14(12)25-2)19-17(27)20(16(11)21)9-4-6-10(7-5-9)28(18,22)23/h4-8H,1-3H3,(H,19,27)(H2,18,22,23). The summed E-state index contributed by atoms with van der Waals surface area (Å²) in [6.45, 7) is 0. The smallest absolute Gasteiger partial charge is 0.267 e. The molecule has 0 atom stereocenters. The van der Waals surface area contributed by atoms with Gasteiger partial charge in [0.15, 0.2) is 16.3 Å². The molecule has 0 aliphatic heterocycles. The molecule has 0 radical (unpaired) electrons. The van der Waals surface area contributed by atoms with Gasteiger partial charge in [-0.3, -0.25) is 9.36 Å². The third-order valence-corrected chi connectivity index (χ3v) is 5.34. The monoisotopic (exact) mass is 423 g/mol. The predicted molar refractivity (Wildman–Crippen MR) is 106 cm³/mol. The van der Waals surface area contributed by atoms with Crippen LogP contribution in [0.5, 0.6) is 17.2 Å². The first-order valence-electron chi connectivity index (χ1n) is 7.84. The van der Waals surface area contributed by atoms with Crippen molar-refractivity contribution in [3.05, 3.63) is 45.5 Å². The molecule has 28 heavy (non-hydrogen) atoms.